The molecule has 0 spiro atoms. The summed E-state index contributed by atoms with van der Waals surface area (Å²) in [6, 6.07) is 10.6. The van der Waals surface area contributed by atoms with Crippen LogP contribution < -0.4 is 15.2 Å². The number of nitrogens with zero attached hydrogens (tertiary/aromatic N) is 1. The number of nitrogens with two attached hydrogens (primary N) is 1. The lowest BCUT2D eigenvalue weighted by Gasteiger charge is -2.15. The van der Waals surface area contributed by atoms with Crippen LogP contribution in [0.3, 0.4) is 0 Å². The molecule has 0 aliphatic carbocycles. The molecule has 0 saturated heterocycles. The van der Waals surface area contributed by atoms with E-state index in [1.54, 1.807) is 0 Å². The second-order valence-electron chi connectivity index (χ2n) is 6.37. The van der Waals surface area contributed by atoms with Gasteiger partial charge in [-0.25, -0.2) is 13.1 Å². The monoisotopic (exact) mass is 429 g/mol. The van der Waals surface area contributed by atoms with Crippen LogP contribution in [0.1, 0.15) is 36.9 Å². The third-order valence-corrected chi connectivity index (χ3v) is 5.60. The third-order valence-electron chi connectivity index (χ3n) is 4.18. The van der Waals surface area contributed by atoms with Crippen molar-refractivity contribution in [1.29, 1.82) is 0 Å². The number of sulfonamides is 1. The van der Waals surface area contributed by atoms with Gasteiger partial charge in [-0.15, -0.1) is 12.4 Å². The molecule has 0 amide bonds. The van der Waals surface area contributed by atoms with Gasteiger partial charge in [0.1, 0.15) is 0 Å². The molecule has 1 unspecified atom stereocenters. The minimum Gasteiger partial charge on any atom is -0.490 e. The van der Waals surface area contributed by atoms with Crippen molar-refractivity contribution in [1.82, 2.24) is 4.72 Å². The summed E-state index contributed by atoms with van der Waals surface area (Å²) in [5.74, 6) is 0.375. The van der Waals surface area contributed by atoms with Crippen LogP contribution in [0.25, 0.3) is 0 Å². The maximum Gasteiger partial charge on any atom is 0.312 e. The first-order chi connectivity index (χ1) is 12.7. The van der Waals surface area contributed by atoms with Crippen molar-refractivity contribution in [2.24, 2.45) is 5.73 Å². The van der Waals surface area contributed by atoms with Gasteiger partial charge in [-0.2, -0.15) is 0 Å². The number of rotatable bonds is 8. The smallest absolute Gasteiger partial charge is 0.312 e. The first-order valence-corrected chi connectivity index (χ1v) is 9.81. The van der Waals surface area contributed by atoms with E-state index in [-0.39, 0.29) is 29.6 Å². The van der Waals surface area contributed by atoms with Crippen LogP contribution in [-0.2, 0) is 10.0 Å². The molecule has 0 heterocycles. The predicted molar refractivity (Wildman–Crippen MR) is 110 cm³/mol. The quantitative estimate of drug-likeness (QED) is 0.490. The Morgan fingerprint density at radius 1 is 1.14 bits per heavy atom. The third kappa shape index (κ3) is 5.65. The minimum atomic E-state index is -3.96. The SMILES string of the molecule is COc1ccc(S(=O)(=O)NCC(N)c2ccc(C(C)C)cc2)cc1[N+](=O)[O-].Cl. The molecule has 154 valence electrons. The second kappa shape index (κ2) is 9.83. The van der Waals surface area contributed by atoms with Crippen molar-refractivity contribution in [2.45, 2.75) is 30.7 Å². The van der Waals surface area contributed by atoms with Crippen molar-refractivity contribution >= 4 is 28.1 Å². The highest BCUT2D eigenvalue weighted by Crippen LogP contribution is 2.29. The van der Waals surface area contributed by atoms with E-state index in [0.29, 0.717) is 5.92 Å². The summed E-state index contributed by atoms with van der Waals surface area (Å²) in [6.07, 6.45) is 0. The van der Waals surface area contributed by atoms with Crippen molar-refractivity contribution in [3.8, 4) is 5.75 Å². The number of methoxy groups -OCH3 is 1. The van der Waals surface area contributed by atoms with E-state index < -0.39 is 26.7 Å². The van der Waals surface area contributed by atoms with Gasteiger partial charge >= 0.3 is 5.69 Å². The van der Waals surface area contributed by atoms with Crippen molar-refractivity contribution < 1.29 is 18.1 Å². The molecule has 1 atom stereocenters. The Bertz CT molecular complexity index is 917. The Hall–Kier alpha value is -2.20. The van der Waals surface area contributed by atoms with Crippen LogP contribution >= 0.6 is 12.4 Å². The van der Waals surface area contributed by atoms with Gasteiger partial charge in [0, 0.05) is 18.7 Å². The lowest BCUT2D eigenvalue weighted by molar-refractivity contribution is -0.386. The predicted octanol–water partition coefficient (Wildman–Crippen LogP) is 3.13. The number of hydrogen-bond donors (Lipinski definition) is 2. The molecule has 28 heavy (non-hydrogen) atoms. The van der Waals surface area contributed by atoms with E-state index in [1.807, 2.05) is 24.3 Å². The summed E-state index contributed by atoms with van der Waals surface area (Å²) >= 11 is 0. The molecule has 8 nitrogen and oxygen atoms in total. The summed E-state index contributed by atoms with van der Waals surface area (Å²) in [5.41, 5.74) is 7.61. The molecular weight excluding hydrogens is 406 g/mol. The van der Waals surface area contributed by atoms with Crippen molar-refractivity contribution in [3.63, 3.8) is 0 Å². The number of hydrogen-bond acceptors (Lipinski definition) is 6. The summed E-state index contributed by atoms with van der Waals surface area (Å²) in [6.45, 7) is 4.12. The van der Waals surface area contributed by atoms with Gasteiger partial charge in [0.2, 0.25) is 10.0 Å². The van der Waals surface area contributed by atoms with Crippen LogP contribution in [0.15, 0.2) is 47.4 Å². The highest BCUT2D eigenvalue weighted by molar-refractivity contribution is 7.89. The maximum atomic E-state index is 12.5. The summed E-state index contributed by atoms with van der Waals surface area (Å²) in [7, 11) is -2.68. The summed E-state index contributed by atoms with van der Waals surface area (Å²) < 4.78 is 32.2. The van der Waals surface area contributed by atoms with Crippen LogP contribution in [0, 0.1) is 10.1 Å². The molecule has 10 heteroatoms. The summed E-state index contributed by atoms with van der Waals surface area (Å²) in [4.78, 5) is 10.2. The van der Waals surface area contributed by atoms with E-state index in [9.17, 15) is 18.5 Å². The first-order valence-electron chi connectivity index (χ1n) is 8.33. The van der Waals surface area contributed by atoms with Crippen LogP contribution in [-0.4, -0.2) is 27.0 Å². The van der Waals surface area contributed by atoms with Gasteiger partial charge in [-0.05, 0) is 29.2 Å². The molecule has 0 radical (unpaired) electrons. The molecule has 2 rings (SSSR count). The Morgan fingerprint density at radius 3 is 2.21 bits per heavy atom. The Morgan fingerprint density at radius 2 is 1.71 bits per heavy atom. The van der Waals surface area contributed by atoms with Crippen molar-refractivity contribution in [2.75, 3.05) is 13.7 Å². The van der Waals surface area contributed by atoms with Crippen molar-refractivity contribution in [3.05, 3.63) is 63.7 Å². The molecular formula is C18H24ClN3O5S. The topological polar surface area (TPSA) is 125 Å². The standard InChI is InChI=1S/C18H23N3O5S.ClH/c1-12(2)13-4-6-14(7-5-13)16(19)11-20-27(24,25)15-8-9-18(26-3)17(10-15)21(22)23;/h4-10,12,16,20H,11,19H2,1-3H3;1H. The molecule has 2 aromatic rings. The zero-order chi connectivity index (χ0) is 20.2. The number of nitrogens with one attached hydrogen (secondary N) is 1. The maximum absolute atomic E-state index is 12.5. The van der Waals surface area contributed by atoms with E-state index in [0.717, 1.165) is 17.2 Å². The Labute approximate surface area is 170 Å². The first kappa shape index (κ1) is 23.8. The molecule has 3 N–H and O–H groups in total. The van der Waals surface area contributed by atoms with Gasteiger partial charge in [0.15, 0.2) is 5.75 Å². The fourth-order valence-corrected chi connectivity index (χ4v) is 3.59. The number of nitro benzene ring substituents is 1. The van der Waals surface area contributed by atoms with E-state index in [2.05, 4.69) is 18.6 Å². The number of ether oxygens (including phenoxy) is 1. The zero-order valence-electron chi connectivity index (χ0n) is 15.8. The van der Waals surface area contributed by atoms with Gasteiger partial charge < -0.3 is 10.5 Å². The normalized spacial score (nSPS) is 12.3. The molecule has 2 aromatic carbocycles. The van der Waals surface area contributed by atoms with Crippen LogP contribution in [0.4, 0.5) is 5.69 Å². The minimum absolute atomic E-state index is 0. The molecule has 0 aliphatic rings. The molecule has 0 fully saturated rings. The Kier molecular flexibility index (Phi) is 8.37. The largest absolute Gasteiger partial charge is 0.490 e. The average molecular weight is 430 g/mol. The zero-order valence-corrected chi connectivity index (χ0v) is 17.4. The van der Waals surface area contributed by atoms with Gasteiger partial charge in [0.05, 0.1) is 16.9 Å². The fraction of sp³-hybridized carbons (Fsp3) is 0.333. The lowest BCUT2D eigenvalue weighted by atomic mass is 9.99. The number of nitro groups is 1. The molecule has 0 saturated carbocycles. The molecule has 0 aromatic heterocycles. The second-order valence-corrected chi connectivity index (χ2v) is 8.14. The molecule has 0 bridgehead atoms. The fourth-order valence-electron chi connectivity index (χ4n) is 2.51. The molecule has 0 aliphatic heterocycles. The van der Waals surface area contributed by atoms with Gasteiger partial charge in [-0.3, -0.25) is 10.1 Å². The summed E-state index contributed by atoms with van der Waals surface area (Å²) in [5, 5.41) is 11.1. The lowest BCUT2D eigenvalue weighted by Crippen LogP contribution is -2.32. The van der Waals surface area contributed by atoms with Crippen LogP contribution in [0.5, 0.6) is 5.75 Å². The highest BCUT2D eigenvalue weighted by Gasteiger charge is 2.22. The van der Waals surface area contributed by atoms with E-state index >= 15 is 0 Å². The van der Waals surface area contributed by atoms with Crippen LogP contribution in [0.2, 0.25) is 0 Å². The Balaban J connectivity index is 0.00000392. The van der Waals surface area contributed by atoms with E-state index in [4.69, 9.17) is 10.5 Å². The highest BCUT2D eigenvalue weighted by atomic mass is 35.5. The van der Waals surface area contributed by atoms with Gasteiger partial charge in [-0.1, -0.05) is 38.1 Å². The average Bonchev–Trinajstić information content (AvgIpc) is 2.65. The van der Waals surface area contributed by atoms with Gasteiger partial charge in [0.25, 0.3) is 0 Å². The number of benzene rings is 2. The number of halogens is 1. The van der Waals surface area contributed by atoms with E-state index in [1.165, 1.54) is 19.2 Å².